The van der Waals surface area contributed by atoms with Crippen LogP contribution in [0.25, 0.3) is 0 Å². The molecule has 10 heteroatoms. The Morgan fingerprint density at radius 1 is 1.41 bits per heavy atom. The smallest absolute Gasteiger partial charge is 0.357 e. The van der Waals surface area contributed by atoms with Crippen molar-refractivity contribution >= 4 is 47.4 Å². The molecule has 154 valence electrons. The normalized spacial score (nSPS) is 17.6. The lowest BCUT2D eigenvalue weighted by Gasteiger charge is -2.20. The zero-order valence-corrected chi connectivity index (χ0v) is 18.3. The van der Waals surface area contributed by atoms with Crippen molar-refractivity contribution in [2.45, 2.75) is 44.8 Å². The van der Waals surface area contributed by atoms with Crippen LogP contribution in [-0.4, -0.2) is 49.3 Å². The van der Waals surface area contributed by atoms with Crippen molar-refractivity contribution in [1.82, 2.24) is 15.6 Å². The lowest BCUT2D eigenvalue weighted by molar-refractivity contribution is -0.135. The predicted octanol–water partition coefficient (Wildman–Crippen LogP) is 4.22. The number of guanidine groups is 1. The summed E-state index contributed by atoms with van der Waals surface area (Å²) in [4.78, 5) is 10.8. The Morgan fingerprint density at radius 3 is 2.85 bits per heavy atom. The maximum atomic E-state index is 12.2. The molecule has 0 amide bonds. The van der Waals surface area contributed by atoms with E-state index in [1.54, 1.807) is 12.3 Å². The van der Waals surface area contributed by atoms with Crippen molar-refractivity contribution in [2.75, 3.05) is 31.1 Å². The fourth-order valence-corrected chi connectivity index (χ4v) is 3.06. The topological polar surface area (TPSA) is 52.6 Å². The van der Waals surface area contributed by atoms with E-state index in [4.69, 9.17) is 11.6 Å². The third-order valence-corrected chi connectivity index (χ3v) is 4.35. The monoisotopic (exact) mass is 519 g/mol. The molecule has 1 fully saturated rings. The highest BCUT2D eigenvalue weighted by Gasteiger charge is 2.26. The molecule has 1 aliphatic rings. The quantitative estimate of drug-likeness (QED) is 0.245. The third kappa shape index (κ3) is 8.71. The number of nitrogens with zero attached hydrogens (tertiary/aromatic N) is 3. The van der Waals surface area contributed by atoms with E-state index in [0.717, 1.165) is 25.3 Å². The van der Waals surface area contributed by atoms with Gasteiger partial charge in [-0.15, -0.1) is 24.0 Å². The molecular weight excluding hydrogens is 494 g/mol. The Morgan fingerprint density at radius 2 is 2.19 bits per heavy atom. The second kappa shape index (κ2) is 11.8. The van der Waals surface area contributed by atoms with Crippen molar-refractivity contribution in [2.24, 2.45) is 4.99 Å². The van der Waals surface area contributed by atoms with Gasteiger partial charge < -0.3 is 15.5 Å². The van der Waals surface area contributed by atoms with E-state index in [9.17, 15) is 13.2 Å². The highest BCUT2D eigenvalue weighted by molar-refractivity contribution is 14.0. The van der Waals surface area contributed by atoms with Crippen LogP contribution >= 0.6 is 35.6 Å². The molecule has 2 N–H and O–H groups in total. The first-order valence-electron chi connectivity index (χ1n) is 8.86. The molecule has 1 aliphatic heterocycles. The summed E-state index contributed by atoms with van der Waals surface area (Å²) < 4.78 is 36.5. The van der Waals surface area contributed by atoms with Crippen LogP contribution in [0.4, 0.5) is 19.0 Å². The van der Waals surface area contributed by atoms with Gasteiger partial charge in [-0.1, -0.05) is 11.6 Å². The van der Waals surface area contributed by atoms with Gasteiger partial charge in [0.1, 0.15) is 5.82 Å². The van der Waals surface area contributed by atoms with Crippen LogP contribution in [0, 0.1) is 0 Å². The Hall–Kier alpha value is -0.970. The first-order valence-corrected chi connectivity index (χ1v) is 9.24. The van der Waals surface area contributed by atoms with Gasteiger partial charge in [0.05, 0.1) is 5.02 Å². The van der Waals surface area contributed by atoms with Gasteiger partial charge in [0, 0.05) is 44.8 Å². The number of alkyl halides is 3. The van der Waals surface area contributed by atoms with Crippen LogP contribution in [0.5, 0.6) is 0 Å². The molecule has 0 saturated carbocycles. The van der Waals surface area contributed by atoms with Gasteiger partial charge >= 0.3 is 6.18 Å². The highest BCUT2D eigenvalue weighted by atomic mass is 127. The molecule has 2 rings (SSSR count). The van der Waals surface area contributed by atoms with E-state index in [0.29, 0.717) is 30.5 Å². The van der Waals surface area contributed by atoms with Crippen molar-refractivity contribution in [3.05, 3.63) is 23.4 Å². The summed E-state index contributed by atoms with van der Waals surface area (Å²) in [7, 11) is 0. The Labute approximate surface area is 180 Å². The van der Waals surface area contributed by atoms with E-state index in [1.165, 1.54) is 0 Å². The molecule has 0 aliphatic carbocycles. The molecule has 0 spiro atoms. The fraction of sp³-hybridized carbons (Fsp3) is 0.647. The minimum absolute atomic E-state index is 0. The summed E-state index contributed by atoms with van der Waals surface area (Å²) in [5.74, 6) is 1.41. The minimum Gasteiger partial charge on any atom is -0.357 e. The van der Waals surface area contributed by atoms with Gasteiger partial charge in [0.15, 0.2) is 5.96 Å². The molecular formula is C17H26ClF3IN5. The van der Waals surface area contributed by atoms with Crippen LogP contribution in [0.1, 0.15) is 32.6 Å². The van der Waals surface area contributed by atoms with E-state index in [1.807, 2.05) is 13.0 Å². The number of pyridine rings is 1. The van der Waals surface area contributed by atoms with Crippen molar-refractivity contribution in [1.29, 1.82) is 0 Å². The summed E-state index contributed by atoms with van der Waals surface area (Å²) in [5.41, 5.74) is 0. The lowest BCUT2D eigenvalue weighted by atomic mass is 10.2. The molecule has 0 bridgehead atoms. The number of aliphatic imine (C=N–C) groups is 1. The summed E-state index contributed by atoms with van der Waals surface area (Å²) in [6.45, 7) is 4.59. The van der Waals surface area contributed by atoms with Crippen LogP contribution in [0.15, 0.2) is 23.3 Å². The van der Waals surface area contributed by atoms with Gasteiger partial charge in [-0.3, -0.25) is 4.99 Å². The molecule has 0 aromatic carbocycles. The highest BCUT2D eigenvalue weighted by Crippen LogP contribution is 2.25. The van der Waals surface area contributed by atoms with Gasteiger partial charge in [0.25, 0.3) is 0 Å². The largest absolute Gasteiger partial charge is 0.389 e. The van der Waals surface area contributed by atoms with Crippen LogP contribution < -0.4 is 15.5 Å². The van der Waals surface area contributed by atoms with Crippen LogP contribution in [0.3, 0.4) is 0 Å². The van der Waals surface area contributed by atoms with Gasteiger partial charge in [-0.05, 0) is 38.3 Å². The minimum atomic E-state index is -4.09. The maximum absolute atomic E-state index is 12.2. The molecule has 1 saturated heterocycles. The molecule has 5 nitrogen and oxygen atoms in total. The number of anilines is 1. The molecule has 1 atom stereocenters. The number of unbranched alkanes of at least 4 members (excludes halogenated alkanes) is 1. The zero-order chi connectivity index (χ0) is 19.0. The Balaban J connectivity index is 0.00000364. The number of aromatic nitrogens is 1. The molecule has 2 heterocycles. The number of nitrogens with one attached hydrogen (secondary N) is 2. The second-order valence-electron chi connectivity index (χ2n) is 6.22. The number of hydrogen-bond donors (Lipinski definition) is 2. The summed E-state index contributed by atoms with van der Waals surface area (Å²) in [5, 5.41) is 7.11. The van der Waals surface area contributed by atoms with Gasteiger partial charge in [-0.25, -0.2) is 4.98 Å². The Bertz CT molecular complexity index is 600. The van der Waals surface area contributed by atoms with Crippen molar-refractivity contribution in [3.8, 4) is 0 Å². The molecule has 1 unspecified atom stereocenters. The SMILES string of the molecule is CCNC(=NCCCCC(F)(F)F)NC1CCN(c2ncccc2Cl)C1.I. The summed E-state index contributed by atoms with van der Waals surface area (Å²) in [6, 6.07) is 3.80. The van der Waals surface area contributed by atoms with E-state index < -0.39 is 12.6 Å². The second-order valence-corrected chi connectivity index (χ2v) is 6.62. The number of rotatable bonds is 7. The fourth-order valence-electron chi connectivity index (χ4n) is 2.82. The van der Waals surface area contributed by atoms with Gasteiger partial charge in [0.2, 0.25) is 0 Å². The molecule has 1 aromatic rings. The standard InChI is InChI=1S/C17H25ClF3N5.HI/c1-2-22-16(24-9-4-3-8-17(19,20)21)25-13-7-11-26(12-13)15-14(18)6-5-10-23-15;/h5-6,10,13H,2-4,7-9,11-12H2,1H3,(H2,22,24,25);1H. The molecule has 1 aromatic heterocycles. The average Bonchev–Trinajstić information content (AvgIpc) is 3.02. The number of halogens is 5. The van der Waals surface area contributed by atoms with E-state index in [-0.39, 0.29) is 36.4 Å². The van der Waals surface area contributed by atoms with Gasteiger partial charge in [-0.2, -0.15) is 13.2 Å². The summed E-state index contributed by atoms with van der Waals surface area (Å²) >= 11 is 6.20. The first kappa shape index (κ1) is 24.1. The third-order valence-electron chi connectivity index (χ3n) is 4.05. The lowest BCUT2D eigenvalue weighted by Crippen LogP contribution is -2.44. The van der Waals surface area contributed by atoms with Crippen LogP contribution in [0.2, 0.25) is 5.02 Å². The zero-order valence-electron chi connectivity index (χ0n) is 15.2. The van der Waals surface area contributed by atoms with E-state index >= 15 is 0 Å². The Kier molecular flexibility index (Phi) is 10.5. The van der Waals surface area contributed by atoms with Crippen molar-refractivity contribution in [3.63, 3.8) is 0 Å². The number of hydrogen-bond acceptors (Lipinski definition) is 3. The van der Waals surface area contributed by atoms with E-state index in [2.05, 4.69) is 25.5 Å². The molecule has 0 radical (unpaired) electrons. The van der Waals surface area contributed by atoms with Crippen molar-refractivity contribution < 1.29 is 13.2 Å². The molecule has 27 heavy (non-hydrogen) atoms. The average molecular weight is 520 g/mol. The first-order chi connectivity index (χ1) is 12.4. The summed E-state index contributed by atoms with van der Waals surface area (Å²) in [6.07, 6.45) is -1.71. The van der Waals surface area contributed by atoms with Crippen LogP contribution in [-0.2, 0) is 0 Å². The maximum Gasteiger partial charge on any atom is 0.389 e. The predicted molar refractivity (Wildman–Crippen MR) is 114 cm³/mol.